The number of anilines is 1. The van der Waals surface area contributed by atoms with Gasteiger partial charge in [-0.3, -0.25) is 5.32 Å². The van der Waals surface area contributed by atoms with Crippen LogP contribution in [-0.4, -0.2) is 48.7 Å². The molecule has 1 atom stereocenters. The molecule has 10 heteroatoms. The second kappa shape index (κ2) is 11.7. The van der Waals surface area contributed by atoms with E-state index in [1.165, 1.54) is 30.5 Å². The minimum atomic E-state index is -0.758. The molecule has 3 N–H and O–H groups in total. The molecule has 1 amide bonds. The van der Waals surface area contributed by atoms with Crippen LogP contribution in [0.25, 0.3) is 10.8 Å². The number of ether oxygens (including phenoxy) is 2. The van der Waals surface area contributed by atoms with Gasteiger partial charge in [-0.2, -0.15) is 0 Å². The average molecular weight is 466 g/mol. The Morgan fingerprint density at radius 2 is 2.00 bits per heavy atom. The van der Waals surface area contributed by atoms with Crippen LogP contribution in [-0.2, 0) is 16.0 Å². The van der Waals surface area contributed by atoms with Crippen molar-refractivity contribution in [3.05, 3.63) is 70.9 Å². The van der Waals surface area contributed by atoms with E-state index in [9.17, 15) is 13.6 Å². The summed E-state index contributed by atoms with van der Waals surface area (Å²) < 4.78 is 37.6. The van der Waals surface area contributed by atoms with Crippen LogP contribution in [0.5, 0.6) is 0 Å². The number of rotatable bonds is 10. The molecular formula is C22H22ClF2N3O4. The first-order valence-electron chi connectivity index (χ1n) is 9.80. The van der Waals surface area contributed by atoms with Gasteiger partial charge in [0, 0.05) is 18.1 Å². The molecule has 0 aliphatic rings. The fraction of sp³-hybridized carbons (Fsp3) is 0.273. The largest absolute Gasteiger partial charge is 0.448 e. The lowest BCUT2D eigenvalue weighted by molar-refractivity contribution is 0.0576. The van der Waals surface area contributed by atoms with Gasteiger partial charge < -0.3 is 19.9 Å². The lowest BCUT2D eigenvalue weighted by Gasteiger charge is -2.19. The summed E-state index contributed by atoms with van der Waals surface area (Å²) >= 11 is 5.97. The summed E-state index contributed by atoms with van der Waals surface area (Å²) in [4.78, 5) is 16.3. The van der Waals surface area contributed by atoms with Gasteiger partial charge in [0.05, 0.1) is 30.9 Å². The Morgan fingerprint density at radius 1 is 1.16 bits per heavy atom. The fourth-order valence-corrected chi connectivity index (χ4v) is 3.09. The molecule has 0 saturated carbocycles. The zero-order chi connectivity index (χ0) is 22.9. The zero-order valence-electron chi connectivity index (χ0n) is 17.0. The predicted octanol–water partition coefficient (Wildman–Crippen LogP) is 3.88. The van der Waals surface area contributed by atoms with Crippen LogP contribution >= 0.6 is 11.6 Å². The summed E-state index contributed by atoms with van der Waals surface area (Å²) in [6.45, 7) is 0.230. The number of carbonyl (C=O) groups is 1. The molecule has 7 nitrogen and oxygen atoms in total. The van der Waals surface area contributed by atoms with E-state index >= 15 is 0 Å². The molecule has 1 aromatic heterocycles. The van der Waals surface area contributed by atoms with Crippen LogP contribution in [0.1, 0.15) is 5.56 Å². The van der Waals surface area contributed by atoms with E-state index in [0.717, 1.165) is 5.39 Å². The van der Waals surface area contributed by atoms with Gasteiger partial charge in [0.2, 0.25) is 0 Å². The molecule has 0 unspecified atom stereocenters. The van der Waals surface area contributed by atoms with E-state index in [1.54, 1.807) is 18.2 Å². The molecule has 0 spiro atoms. The Hall–Kier alpha value is -2.85. The lowest BCUT2D eigenvalue weighted by Crippen LogP contribution is -2.38. The second-order valence-corrected chi connectivity index (χ2v) is 7.25. The highest BCUT2D eigenvalue weighted by atomic mass is 35.5. The van der Waals surface area contributed by atoms with Crippen molar-refractivity contribution in [2.24, 2.45) is 0 Å². The van der Waals surface area contributed by atoms with Gasteiger partial charge in [0.15, 0.2) is 0 Å². The summed E-state index contributed by atoms with van der Waals surface area (Å²) in [5.74, 6) is -0.717. The Kier molecular flexibility index (Phi) is 8.69. The van der Waals surface area contributed by atoms with E-state index in [2.05, 4.69) is 15.6 Å². The standard InChI is InChI=1S/C22H22ClF2N3O4/c23-21-15(2-1-3-19(21)25)11-26-18(12-31-7-6-29)13-32-22(30)28-20-9-16-8-17(24)5-4-14(16)10-27-20/h1-5,8-10,18,26,29H,6-7,11-13H2,(H,27,28,30)/t18-/m0/s1. The van der Waals surface area contributed by atoms with Crippen molar-refractivity contribution in [3.8, 4) is 0 Å². The highest BCUT2D eigenvalue weighted by molar-refractivity contribution is 6.31. The molecule has 170 valence electrons. The number of nitrogens with zero attached hydrogens (tertiary/aromatic N) is 1. The first-order valence-corrected chi connectivity index (χ1v) is 10.2. The highest BCUT2D eigenvalue weighted by Crippen LogP contribution is 2.20. The number of carbonyl (C=O) groups excluding carboxylic acids is 1. The molecule has 3 aromatic rings. The van der Waals surface area contributed by atoms with Crippen molar-refractivity contribution >= 4 is 34.3 Å². The monoisotopic (exact) mass is 465 g/mol. The Bertz CT molecular complexity index is 1070. The van der Waals surface area contributed by atoms with E-state index in [4.69, 9.17) is 26.2 Å². The van der Waals surface area contributed by atoms with E-state index in [-0.39, 0.29) is 43.8 Å². The third-order valence-corrected chi connectivity index (χ3v) is 4.92. The summed E-state index contributed by atoms with van der Waals surface area (Å²) in [6.07, 6.45) is 0.756. The van der Waals surface area contributed by atoms with Crippen LogP contribution in [0.15, 0.2) is 48.7 Å². The second-order valence-electron chi connectivity index (χ2n) is 6.87. The van der Waals surface area contributed by atoms with Crippen LogP contribution in [0.4, 0.5) is 19.4 Å². The number of pyridine rings is 1. The molecule has 3 rings (SSSR count). The number of hydrogen-bond donors (Lipinski definition) is 3. The van der Waals surface area contributed by atoms with Gasteiger partial charge in [0.25, 0.3) is 0 Å². The van der Waals surface area contributed by atoms with Crippen molar-refractivity contribution in [2.45, 2.75) is 12.6 Å². The minimum Gasteiger partial charge on any atom is -0.448 e. The Morgan fingerprint density at radius 3 is 2.81 bits per heavy atom. The van der Waals surface area contributed by atoms with Gasteiger partial charge in [-0.25, -0.2) is 18.6 Å². The van der Waals surface area contributed by atoms with Crippen molar-refractivity contribution in [2.75, 3.05) is 31.7 Å². The quantitative estimate of drug-likeness (QED) is 0.393. The van der Waals surface area contributed by atoms with Gasteiger partial charge in [-0.15, -0.1) is 0 Å². The van der Waals surface area contributed by atoms with Gasteiger partial charge in [-0.05, 0) is 41.3 Å². The number of amides is 1. The van der Waals surface area contributed by atoms with E-state index in [1.807, 2.05) is 0 Å². The summed E-state index contributed by atoms with van der Waals surface area (Å²) in [6, 6.07) is 9.81. The van der Waals surface area contributed by atoms with Gasteiger partial charge >= 0.3 is 6.09 Å². The molecule has 0 radical (unpaired) electrons. The molecule has 0 bridgehead atoms. The van der Waals surface area contributed by atoms with Crippen LogP contribution in [0.3, 0.4) is 0 Å². The van der Waals surface area contributed by atoms with E-state index < -0.39 is 23.8 Å². The molecule has 32 heavy (non-hydrogen) atoms. The highest BCUT2D eigenvalue weighted by Gasteiger charge is 2.15. The van der Waals surface area contributed by atoms with Crippen molar-refractivity contribution in [1.29, 1.82) is 0 Å². The molecule has 0 aliphatic carbocycles. The van der Waals surface area contributed by atoms with Crippen molar-refractivity contribution in [1.82, 2.24) is 10.3 Å². The first kappa shape index (κ1) is 23.8. The predicted molar refractivity (Wildman–Crippen MR) is 117 cm³/mol. The smallest absolute Gasteiger partial charge is 0.412 e. The van der Waals surface area contributed by atoms with Crippen LogP contribution in [0.2, 0.25) is 5.02 Å². The third kappa shape index (κ3) is 6.83. The Labute approximate surface area is 188 Å². The number of nitrogens with one attached hydrogen (secondary N) is 2. The molecule has 2 aromatic carbocycles. The molecular weight excluding hydrogens is 444 g/mol. The number of aliphatic hydroxyl groups excluding tert-OH is 1. The van der Waals surface area contributed by atoms with Gasteiger partial charge in [0.1, 0.15) is 24.1 Å². The molecule has 1 heterocycles. The van der Waals surface area contributed by atoms with Crippen molar-refractivity contribution in [3.63, 3.8) is 0 Å². The lowest BCUT2D eigenvalue weighted by atomic mass is 10.2. The maximum Gasteiger partial charge on any atom is 0.412 e. The van der Waals surface area contributed by atoms with Crippen LogP contribution in [0, 0.1) is 11.6 Å². The van der Waals surface area contributed by atoms with Gasteiger partial charge in [-0.1, -0.05) is 23.7 Å². The number of benzene rings is 2. The minimum absolute atomic E-state index is 0.00695. The maximum atomic E-state index is 13.6. The number of aromatic nitrogens is 1. The molecule has 0 fully saturated rings. The number of halogens is 3. The maximum absolute atomic E-state index is 13.6. The van der Waals surface area contributed by atoms with Crippen LogP contribution < -0.4 is 10.6 Å². The summed E-state index contributed by atoms with van der Waals surface area (Å²) in [5.41, 5.74) is 0.538. The van der Waals surface area contributed by atoms with Crippen molar-refractivity contribution < 1.29 is 28.2 Å². The Balaban J connectivity index is 1.56. The fourth-order valence-electron chi connectivity index (χ4n) is 2.89. The normalized spacial score (nSPS) is 12.0. The molecule has 0 saturated heterocycles. The van der Waals surface area contributed by atoms with E-state index in [0.29, 0.717) is 10.9 Å². The molecule has 0 aliphatic heterocycles. The summed E-state index contributed by atoms with van der Waals surface area (Å²) in [5, 5.41) is 15.8. The average Bonchev–Trinajstić information content (AvgIpc) is 2.77. The first-order chi connectivity index (χ1) is 15.5. The number of hydrogen-bond acceptors (Lipinski definition) is 6. The zero-order valence-corrected chi connectivity index (χ0v) is 17.7. The third-order valence-electron chi connectivity index (χ3n) is 4.50. The topological polar surface area (TPSA) is 92.7 Å². The number of aliphatic hydroxyl groups is 1. The SMILES string of the molecule is O=C(Nc1cc2cc(F)ccc2cn1)OC[C@H](COCCO)NCc1cccc(F)c1Cl. The number of fused-ring (bicyclic) bond motifs is 1. The summed E-state index contributed by atoms with van der Waals surface area (Å²) in [7, 11) is 0.